The fourth-order valence-electron chi connectivity index (χ4n) is 1.38. The summed E-state index contributed by atoms with van der Waals surface area (Å²) in [6.45, 7) is 0. The van der Waals surface area contributed by atoms with Crippen LogP contribution in [0.5, 0.6) is 0 Å². The molecule has 2 N–H and O–H groups in total. The molecule has 1 aromatic rings. The molecule has 0 aliphatic carbocycles. The number of carbonyl (C=O) groups is 1. The first-order valence-electron chi connectivity index (χ1n) is 4.04. The number of hydrogen-bond donors (Lipinski definition) is 2. The van der Waals surface area contributed by atoms with Crippen LogP contribution in [0.2, 0.25) is 0 Å². The van der Waals surface area contributed by atoms with E-state index in [0.29, 0.717) is 5.69 Å². The van der Waals surface area contributed by atoms with Gasteiger partial charge < -0.3 is 5.32 Å². The minimum absolute atomic E-state index is 0.107. The van der Waals surface area contributed by atoms with E-state index in [2.05, 4.69) is 5.32 Å². The lowest BCUT2D eigenvalue weighted by Crippen LogP contribution is -2.21. The quantitative estimate of drug-likeness (QED) is 0.604. The van der Waals surface area contributed by atoms with Gasteiger partial charge in [0.05, 0.1) is 4.90 Å². The maximum Gasteiger partial charge on any atom is 0.294 e. The molecule has 1 heterocycles. The number of rotatable bonds is 1. The summed E-state index contributed by atoms with van der Waals surface area (Å²) in [5.74, 6) is -0.654. The predicted molar refractivity (Wildman–Crippen MR) is 58.3 cm³/mol. The van der Waals surface area contributed by atoms with Crippen molar-refractivity contribution in [2.45, 2.75) is 9.23 Å². The number of alkyl halides is 2. The number of nitrogens with one attached hydrogen (secondary N) is 1. The summed E-state index contributed by atoms with van der Waals surface area (Å²) in [5, 5.41) is 2.39. The van der Waals surface area contributed by atoms with Crippen molar-refractivity contribution < 1.29 is 17.8 Å². The number of fused-ring (bicyclic) bond motifs is 1. The Kier molecular flexibility index (Phi) is 2.43. The zero-order valence-corrected chi connectivity index (χ0v) is 9.90. The Balaban J connectivity index is 2.66. The number of amides is 1. The van der Waals surface area contributed by atoms with Crippen LogP contribution in [-0.4, -0.2) is 18.9 Å². The molecule has 86 valence electrons. The van der Waals surface area contributed by atoms with E-state index >= 15 is 0 Å². The van der Waals surface area contributed by atoms with Gasteiger partial charge in [-0.1, -0.05) is 23.2 Å². The van der Waals surface area contributed by atoms with Crippen LogP contribution < -0.4 is 5.32 Å². The second-order valence-electron chi connectivity index (χ2n) is 3.21. The van der Waals surface area contributed by atoms with Gasteiger partial charge in [-0.05, 0) is 18.2 Å². The SMILES string of the molecule is O=C1Nc2ccc(S(=O)(=O)O)cc2C1(Cl)Cl. The summed E-state index contributed by atoms with van der Waals surface area (Å²) in [7, 11) is -4.35. The monoisotopic (exact) mass is 281 g/mol. The van der Waals surface area contributed by atoms with E-state index in [1.54, 1.807) is 0 Å². The molecule has 0 unspecified atom stereocenters. The Bertz CT molecular complexity index is 582. The Morgan fingerprint density at radius 1 is 1.31 bits per heavy atom. The lowest BCUT2D eigenvalue weighted by atomic mass is 10.1. The lowest BCUT2D eigenvalue weighted by molar-refractivity contribution is -0.116. The minimum Gasteiger partial charge on any atom is -0.323 e. The molecule has 16 heavy (non-hydrogen) atoms. The number of halogens is 2. The number of anilines is 1. The summed E-state index contributed by atoms with van der Waals surface area (Å²) < 4.78 is 28.8. The van der Waals surface area contributed by atoms with Gasteiger partial charge in [0.2, 0.25) is 4.33 Å². The van der Waals surface area contributed by atoms with Crippen molar-refractivity contribution in [3.05, 3.63) is 23.8 Å². The molecule has 2 rings (SSSR count). The van der Waals surface area contributed by atoms with Gasteiger partial charge in [0, 0.05) is 11.3 Å². The molecule has 1 aromatic carbocycles. The van der Waals surface area contributed by atoms with Crippen molar-refractivity contribution in [2.24, 2.45) is 0 Å². The summed E-state index contributed by atoms with van der Waals surface area (Å²) in [5.41, 5.74) is 0.429. The third kappa shape index (κ3) is 1.67. The molecular weight excluding hydrogens is 277 g/mol. The fourth-order valence-corrected chi connectivity index (χ4v) is 2.29. The summed E-state index contributed by atoms with van der Waals surface area (Å²) in [6.07, 6.45) is 0. The summed E-state index contributed by atoms with van der Waals surface area (Å²) in [6, 6.07) is 3.51. The van der Waals surface area contributed by atoms with Crippen LogP contribution in [0.15, 0.2) is 23.1 Å². The number of benzene rings is 1. The highest BCUT2D eigenvalue weighted by atomic mass is 35.5. The Morgan fingerprint density at radius 2 is 1.94 bits per heavy atom. The van der Waals surface area contributed by atoms with Gasteiger partial charge in [0.25, 0.3) is 16.0 Å². The first kappa shape index (κ1) is 11.7. The molecule has 8 heteroatoms. The van der Waals surface area contributed by atoms with Crippen molar-refractivity contribution in [1.29, 1.82) is 0 Å². The molecule has 0 saturated heterocycles. The normalized spacial score (nSPS) is 18.1. The standard InChI is InChI=1S/C8H5Cl2NO4S/c9-8(10)5-3-4(16(13,14)15)1-2-6(5)11-7(8)12/h1-3H,(H,11,12)(H,13,14,15). The lowest BCUT2D eigenvalue weighted by Gasteiger charge is -2.09. The predicted octanol–water partition coefficient (Wildman–Crippen LogP) is 1.52. The van der Waals surface area contributed by atoms with E-state index in [1.807, 2.05) is 0 Å². The number of hydrogen-bond acceptors (Lipinski definition) is 3. The minimum atomic E-state index is -4.35. The molecule has 0 aromatic heterocycles. The van der Waals surface area contributed by atoms with E-state index in [1.165, 1.54) is 6.07 Å². The fraction of sp³-hybridized carbons (Fsp3) is 0.125. The second kappa shape index (κ2) is 3.33. The topological polar surface area (TPSA) is 83.5 Å². The highest BCUT2D eigenvalue weighted by Gasteiger charge is 2.44. The van der Waals surface area contributed by atoms with Crippen LogP contribution in [0, 0.1) is 0 Å². The average Bonchev–Trinajstić information content (AvgIpc) is 2.37. The highest BCUT2D eigenvalue weighted by Crippen LogP contribution is 2.45. The first-order valence-corrected chi connectivity index (χ1v) is 6.24. The Labute approximate surface area is 101 Å². The van der Waals surface area contributed by atoms with Crippen LogP contribution >= 0.6 is 23.2 Å². The maximum absolute atomic E-state index is 11.3. The van der Waals surface area contributed by atoms with Gasteiger partial charge in [-0.2, -0.15) is 8.42 Å². The van der Waals surface area contributed by atoms with Crippen molar-refractivity contribution in [3.8, 4) is 0 Å². The van der Waals surface area contributed by atoms with Crippen LogP contribution in [0.25, 0.3) is 0 Å². The van der Waals surface area contributed by atoms with E-state index in [9.17, 15) is 13.2 Å². The smallest absolute Gasteiger partial charge is 0.294 e. The van der Waals surface area contributed by atoms with Gasteiger partial charge >= 0.3 is 0 Å². The van der Waals surface area contributed by atoms with E-state index < -0.39 is 20.4 Å². The van der Waals surface area contributed by atoms with Gasteiger partial charge in [-0.25, -0.2) is 0 Å². The van der Waals surface area contributed by atoms with Crippen molar-refractivity contribution in [1.82, 2.24) is 0 Å². The summed E-state index contributed by atoms with van der Waals surface area (Å²) in [4.78, 5) is 11.0. The van der Waals surface area contributed by atoms with Crippen LogP contribution in [0.3, 0.4) is 0 Å². The molecule has 0 saturated carbocycles. The Hall–Kier alpha value is -0.820. The van der Waals surface area contributed by atoms with Crippen LogP contribution in [0.4, 0.5) is 5.69 Å². The van der Waals surface area contributed by atoms with Gasteiger partial charge in [0.15, 0.2) is 0 Å². The van der Waals surface area contributed by atoms with Crippen molar-refractivity contribution in [3.63, 3.8) is 0 Å². The van der Waals surface area contributed by atoms with E-state index in [0.717, 1.165) is 12.1 Å². The third-order valence-electron chi connectivity index (χ3n) is 2.16. The third-order valence-corrected chi connectivity index (χ3v) is 3.76. The van der Waals surface area contributed by atoms with Gasteiger partial charge in [-0.3, -0.25) is 9.35 Å². The molecule has 0 spiro atoms. The zero-order chi connectivity index (χ0) is 12.1. The van der Waals surface area contributed by atoms with Gasteiger partial charge in [-0.15, -0.1) is 0 Å². The molecular formula is C8H5Cl2NO4S. The zero-order valence-electron chi connectivity index (χ0n) is 7.57. The molecule has 1 amide bonds. The van der Waals surface area contributed by atoms with E-state index in [-0.39, 0.29) is 10.5 Å². The first-order chi connectivity index (χ1) is 7.23. The van der Waals surface area contributed by atoms with Gasteiger partial charge in [0.1, 0.15) is 0 Å². The molecule has 0 atom stereocenters. The molecule has 5 nitrogen and oxygen atoms in total. The second-order valence-corrected chi connectivity index (χ2v) is 5.96. The molecule has 0 fully saturated rings. The molecule has 0 bridgehead atoms. The van der Waals surface area contributed by atoms with Crippen molar-refractivity contribution in [2.75, 3.05) is 5.32 Å². The van der Waals surface area contributed by atoms with Crippen LogP contribution in [0.1, 0.15) is 5.56 Å². The molecule has 0 radical (unpaired) electrons. The van der Waals surface area contributed by atoms with E-state index in [4.69, 9.17) is 27.8 Å². The Morgan fingerprint density at radius 3 is 2.50 bits per heavy atom. The molecule has 1 aliphatic heterocycles. The van der Waals surface area contributed by atoms with Crippen LogP contribution in [-0.2, 0) is 19.2 Å². The maximum atomic E-state index is 11.3. The molecule has 1 aliphatic rings. The summed E-state index contributed by atoms with van der Waals surface area (Å²) >= 11 is 11.5. The largest absolute Gasteiger partial charge is 0.323 e. The average molecular weight is 282 g/mol. The number of carbonyl (C=O) groups excluding carboxylic acids is 1. The highest BCUT2D eigenvalue weighted by molar-refractivity contribution is 7.85. The van der Waals surface area contributed by atoms with Crippen molar-refractivity contribution >= 4 is 44.9 Å².